The van der Waals surface area contributed by atoms with E-state index < -0.39 is 0 Å². The van der Waals surface area contributed by atoms with Crippen molar-refractivity contribution >= 4 is 11.7 Å². The molecule has 1 aromatic rings. The van der Waals surface area contributed by atoms with Crippen LogP contribution in [-0.2, 0) is 11.2 Å². The molecule has 1 amide bonds. The number of benzene rings is 1. The van der Waals surface area contributed by atoms with Gasteiger partial charge in [0.05, 0.1) is 0 Å². The summed E-state index contributed by atoms with van der Waals surface area (Å²) in [6, 6.07) is 7.74. The van der Waals surface area contributed by atoms with E-state index in [1.807, 2.05) is 31.3 Å². The second kappa shape index (κ2) is 10.1. The molecule has 0 spiro atoms. The Morgan fingerprint density at radius 3 is 2.32 bits per heavy atom. The van der Waals surface area contributed by atoms with Gasteiger partial charge in [-0.05, 0) is 37.9 Å². The van der Waals surface area contributed by atoms with Crippen LogP contribution in [0, 0.1) is 5.92 Å². The molecule has 2 N–H and O–H groups in total. The molecule has 0 bridgehead atoms. The van der Waals surface area contributed by atoms with Gasteiger partial charge in [0.15, 0.2) is 5.78 Å². The summed E-state index contributed by atoms with van der Waals surface area (Å²) in [5.74, 6) is 0.579. The molecule has 4 nitrogen and oxygen atoms in total. The maximum atomic E-state index is 12.1. The lowest BCUT2D eigenvalue weighted by molar-refractivity contribution is -0.121. The average Bonchev–Trinajstić information content (AvgIpc) is 2.49. The summed E-state index contributed by atoms with van der Waals surface area (Å²) in [6.07, 6.45) is 2.44. The zero-order valence-electron chi connectivity index (χ0n) is 13.9. The van der Waals surface area contributed by atoms with Crippen molar-refractivity contribution < 1.29 is 9.59 Å². The molecule has 0 unspecified atom stereocenters. The van der Waals surface area contributed by atoms with Crippen LogP contribution < -0.4 is 10.6 Å². The van der Waals surface area contributed by atoms with Crippen molar-refractivity contribution in [2.24, 2.45) is 5.92 Å². The third-order valence-corrected chi connectivity index (χ3v) is 3.42. The summed E-state index contributed by atoms with van der Waals surface area (Å²) in [5, 5.41) is 5.85. The quantitative estimate of drug-likeness (QED) is 0.516. The van der Waals surface area contributed by atoms with E-state index in [9.17, 15) is 9.59 Å². The van der Waals surface area contributed by atoms with E-state index in [4.69, 9.17) is 0 Å². The van der Waals surface area contributed by atoms with E-state index in [1.165, 1.54) is 5.56 Å². The Hall–Kier alpha value is -1.68. The van der Waals surface area contributed by atoms with Crippen molar-refractivity contribution in [3.63, 3.8) is 0 Å². The van der Waals surface area contributed by atoms with Crippen molar-refractivity contribution in [2.45, 2.75) is 39.5 Å². The Balaban J connectivity index is 2.34. The fraction of sp³-hybridized carbons (Fsp3) is 0.556. The first-order valence-corrected chi connectivity index (χ1v) is 8.06. The van der Waals surface area contributed by atoms with Gasteiger partial charge in [-0.1, -0.05) is 38.1 Å². The number of ketones is 1. The van der Waals surface area contributed by atoms with E-state index in [0.717, 1.165) is 19.4 Å². The molecule has 1 rings (SSSR count). The van der Waals surface area contributed by atoms with Gasteiger partial charge < -0.3 is 10.6 Å². The Morgan fingerprint density at radius 2 is 1.73 bits per heavy atom. The summed E-state index contributed by atoms with van der Waals surface area (Å²) in [5.41, 5.74) is 1.93. The summed E-state index contributed by atoms with van der Waals surface area (Å²) in [7, 11) is 1.88. The molecule has 0 aliphatic heterocycles. The van der Waals surface area contributed by atoms with Gasteiger partial charge in [-0.3, -0.25) is 9.59 Å². The van der Waals surface area contributed by atoms with E-state index in [-0.39, 0.29) is 24.5 Å². The van der Waals surface area contributed by atoms with Crippen LogP contribution in [0.15, 0.2) is 24.3 Å². The molecule has 22 heavy (non-hydrogen) atoms. The van der Waals surface area contributed by atoms with Crippen LogP contribution in [0.5, 0.6) is 0 Å². The molecule has 0 saturated heterocycles. The fourth-order valence-electron chi connectivity index (χ4n) is 2.25. The Morgan fingerprint density at radius 1 is 1.05 bits per heavy atom. The maximum absolute atomic E-state index is 12.1. The lowest BCUT2D eigenvalue weighted by Gasteiger charge is -2.07. The van der Waals surface area contributed by atoms with Gasteiger partial charge in [0.25, 0.3) is 0 Å². The molecular weight excluding hydrogens is 276 g/mol. The molecule has 0 atom stereocenters. The maximum Gasteiger partial charge on any atom is 0.220 e. The van der Waals surface area contributed by atoms with Crippen LogP contribution in [0.25, 0.3) is 0 Å². The van der Waals surface area contributed by atoms with Crippen LogP contribution in [-0.4, -0.2) is 31.8 Å². The molecule has 0 aliphatic carbocycles. The Bertz CT molecular complexity index is 466. The van der Waals surface area contributed by atoms with Crippen molar-refractivity contribution in [2.75, 3.05) is 20.1 Å². The molecule has 4 heteroatoms. The molecule has 122 valence electrons. The molecule has 0 heterocycles. The highest BCUT2D eigenvalue weighted by atomic mass is 16.2. The van der Waals surface area contributed by atoms with Gasteiger partial charge in [-0.25, -0.2) is 0 Å². The number of carbonyl (C=O) groups is 2. The van der Waals surface area contributed by atoms with Crippen LogP contribution in [0.3, 0.4) is 0 Å². The number of carbonyl (C=O) groups excluding carboxylic acids is 2. The predicted octanol–water partition coefficient (Wildman–Crippen LogP) is 2.57. The zero-order valence-corrected chi connectivity index (χ0v) is 13.9. The smallest absolute Gasteiger partial charge is 0.220 e. The lowest BCUT2D eigenvalue weighted by atomic mass is 9.99. The minimum Gasteiger partial charge on any atom is -0.356 e. The Kier molecular flexibility index (Phi) is 8.44. The van der Waals surface area contributed by atoms with E-state index in [1.54, 1.807) is 0 Å². The molecule has 0 radical (unpaired) electrons. The summed E-state index contributed by atoms with van der Waals surface area (Å²) in [4.78, 5) is 23.7. The second-order valence-corrected chi connectivity index (χ2v) is 6.03. The first-order chi connectivity index (χ1) is 10.5. The van der Waals surface area contributed by atoms with Gasteiger partial charge in [0.1, 0.15) is 0 Å². The highest BCUT2D eigenvalue weighted by molar-refractivity contribution is 5.97. The molecule has 0 saturated carbocycles. The minimum absolute atomic E-state index is 0.0291. The first-order valence-electron chi connectivity index (χ1n) is 8.06. The summed E-state index contributed by atoms with van der Waals surface area (Å²) >= 11 is 0. The largest absolute Gasteiger partial charge is 0.356 e. The summed E-state index contributed by atoms with van der Waals surface area (Å²) in [6.45, 7) is 5.88. The van der Waals surface area contributed by atoms with Crippen LogP contribution in [0.2, 0.25) is 0 Å². The van der Waals surface area contributed by atoms with E-state index >= 15 is 0 Å². The number of Topliss-reactive ketones (excluding diaryl/α,β-unsaturated/α-hetero) is 1. The highest BCUT2D eigenvalue weighted by Gasteiger charge is 2.09. The standard InChI is InChI=1S/C18H28N2O2/c1-14(2)13-15-5-7-16(8-6-15)17(21)9-10-18(22)20-12-4-11-19-3/h5-8,14,19H,4,9-13H2,1-3H3,(H,20,22). The number of nitrogens with one attached hydrogen (secondary N) is 2. The fourth-order valence-corrected chi connectivity index (χ4v) is 2.25. The molecule has 0 aliphatic rings. The van der Waals surface area contributed by atoms with Crippen molar-refractivity contribution in [3.05, 3.63) is 35.4 Å². The monoisotopic (exact) mass is 304 g/mol. The summed E-state index contributed by atoms with van der Waals surface area (Å²) < 4.78 is 0. The third kappa shape index (κ3) is 7.36. The van der Waals surface area contributed by atoms with Gasteiger partial charge in [-0.15, -0.1) is 0 Å². The molecular formula is C18H28N2O2. The third-order valence-electron chi connectivity index (χ3n) is 3.42. The van der Waals surface area contributed by atoms with Gasteiger partial charge in [0, 0.05) is 24.9 Å². The minimum atomic E-state index is -0.0547. The highest BCUT2D eigenvalue weighted by Crippen LogP contribution is 2.11. The SMILES string of the molecule is CNCCCNC(=O)CCC(=O)c1ccc(CC(C)C)cc1. The van der Waals surface area contributed by atoms with Gasteiger partial charge in [0.2, 0.25) is 5.91 Å². The normalized spacial score (nSPS) is 10.7. The van der Waals surface area contributed by atoms with Gasteiger partial charge in [-0.2, -0.15) is 0 Å². The number of rotatable bonds is 10. The topological polar surface area (TPSA) is 58.2 Å². The van der Waals surface area contributed by atoms with Crippen molar-refractivity contribution in [1.29, 1.82) is 0 Å². The average molecular weight is 304 g/mol. The number of amides is 1. The van der Waals surface area contributed by atoms with E-state index in [2.05, 4.69) is 24.5 Å². The van der Waals surface area contributed by atoms with Crippen molar-refractivity contribution in [3.8, 4) is 0 Å². The van der Waals surface area contributed by atoms with Crippen LogP contribution in [0.1, 0.15) is 49.0 Å². The van der Waals surface area contributed by atoms with Crippen LogP contribution >= 0.6 is 0 Å². The second-order valence-electron chi connectivity index (χ2n) is 6.03. The molecule has 1 aromatic carbocycles. The molecule has 0 aromatic heterocycles. The van der Waals surface area contributed by atoms with E-state index in [0.29, 0.717) is 18.0 Å². The lowest BCUT2D eigenvalue weighted by Crippen LogP contribution is -2.26. The first kappa shape index (κ1) is 18.4. The molecule has 0 fully saturated rings. The van der Waals surface area contributed by atoms with Crippen molar-refractivity contribution in [1.82, 2.24) is 10.6 Å². The number of hydrogen-bond acceptors (Lipinski definition) is 3. The Labute approximate surface area is 133 Å². The van der Waals surface area contributed by atoms with Crippen LogP contribution in [0.4, 0.5) is 0 Å². The predicted molar refractivity (Wildman–Crippen MR) is 90.1 cm³/mol. The number of hydrogen-bond donors (Lipinski definition) is 2. The zero-order chi connectivity index (χ0) is 16.4. The van der Waals surface area contributed by atoms with Gasteiger partial charge >= 0.3 is 0 Å².